The first kappa shape index (κ1) is 27.0. The Hall–Kier alpha value is -2.63. The number of benzene rings is 1. The third-order valence-corrected chi connectivity index (χ3v) is 6.87. The van der Waals surface area contributed by atoms with Gasteiger partial charge in [-0.1, -0.05) is 30.3 Å². The fourth-order valence-electron chi connectivity index (χ4n) is 4.05. The van der Waals surface area contributed by atoms with Gasteiger partial charge in [0.2, 0.25) is 11.8 Å². The van der Waals surface area contributed by atoms with Crippen molar-refractivity contribution in [3.05, 3.63) is 35.9 Å². The SMILES string of the molecule is CC1(C)OB(C(CCc2ccccc2)NC(=O)C(CC(=O)N2CCOCC2)NC(=O)O)OC1(C)C. The van der Waals surface area contributed by atoms with Crippen molar-refractivity contribution in [3.8, 4) is 0 Å². The summed E-state index contributed by atoms with van der Waals surface area (Å²) in [7, 11) is -0.729. The monoisotopic (exact) mass is 489 g/mol. The lowest BCUT2D eigenvalue weighted by molar-refractivity contribution is -0.138. The molecule has 0 radical (unpaired) electrons. The number of carboxylic acid groups (broad SMARTS) is 1. The molecule has 11 heteroatoms. The molecule has 0 saturated carbocycles. The zero-order valence-corrected chi connectivity index (χ0v) is 20.9. The van der Waals surface area contributed by atoms with Crippen LogP contribution >= 0.6 is 0 Å². The van der Waals surface area contributed by atoms with Crippen LogP contribution in [-0.4, -0.2) is 84.5 Å². The first-order valence-corrected chi connectivity index (χ1v) is 12.0. The van der Waals surface area contributed by atoms with Crippen molar-refractivity contribution < 1.29 is 33.5 Å². The highest BCUT2D eigenvalue weighted by atomic mass is 16.7. The van der Waals surface area contributed by atoms with E-state index in [1.54, 1.807) is 4.90 Å². The highest BCUT2D eigenvalue weighted by Gasteiger charge is 2.54. The minimum absolute atomic E-state index is 0.285. The van der Waals surface area contributed by atoms with Crippen LogP contribution < -0.4 is 10.6 Å². The van der Waals surface area contributed by atoms with Crippen molar-refractivity contribution in [1.82, 2.24) is 15.5 Å². The number of carbonyl (C=O) groups is 3. The summed E-state index contributed by atoms with van der Waals surface area (Å²) in [6.45, 7) is 9.37. The number of hydrogen-bond donors (Lipinski definition) is 3. The van der Waals surface area contributed by atoms with E-state index in [4.69, 9.17) is 14.0 Å². The second-order valence-corrected chi connectivity index (χ2v) is 9.96. The Morgan fingerprint density at radius 3 is 2.20 bits per heavy atom. The first-order chi connectivity index (χ1) is 16.5. The molecule has 3 amide bonds. The Kier molecular flexibility index (Phi) is 8.79. The van der Waals surface area contributed by atoms with E-state index in [9.17, 15) is 19.5 Å². The topological polar surface area (TPSA) is 126 Å². The summed E-state index contributed by atoms with van der Waals surface area (Å²) in [5, 5.41) is 14.4. The summed E-state index contributed by atoms with van der Waals surface area (Å²) >= 11 is 0. The van der Waals surface area contributed by atoms with Crippen molar-refractivity contribution >= 4 is 25.0 Å². The molecule has 2 fully saturated rings. The van der Waals surface area contributed by atoms with Gasteiger partial charge in [0.05, 0.1) is 36.8 Å². The van der Waals surface area contributed by atoms with Gasteiger partial charge < -0.3 is 34.7 Å². The molecule has 10 nitrogen and oxygen atoms in total. The summed E-state index contributed by atoms with van der Waals surface area (Å²) in [5.74, 6) is -1.46. The van der Waals surface area contributed by atoms with Gasteiger partial charge in [0, 0.05) is 13.1 Å². The summed E-state index contributed by atoms with van der Waals surface area (Å²) in [4.78, 5) is 39.0. The van der Waals surface area contributed by atoms with Crippen molar-refractivity contribution in [2.75, 3.05) is 26.3 Å². The minimum atomic E-state index is -1.38. The number of aryl methyl sites for hydroxylation is 1. The van der Waals surface area contributed by atoms with Gasteiger partial charge in [0.1, 0.15) is 6.04 Å². The lowest BCUT2D eigenvalue weighted by Crippen LogP contribution is -2.56. The van der Waals surface area contributed by atoms with Gasteiger partial charge in [-0.05, 0) is 46.1 Å². The normalized spacial score (nSPS) is 20.7. The number of nitrogens with one attached hydrogen (secondary N) is 2. The molecular formula is C24H36BN3O7. The average molecular weight is 489 g/mol. The quantitative estimate of drug-likeness (QED) is 0.450. The Bertz CT molecular complexity index is 874. The van der Waals surface area contributed by atoms with Crippen LogP contribution in [0.4, 0.5) is 4.79 Å². The van der Waals surface area contributed by atoms with E-state index in [0.29, 0.717) is 39.1 Å². The molecule has 3 rings (SSSR count). The Morgan fingerprint density at radius 2 is 1.63 bits per heavy atom. The molecule has 0 aromatic heterocycles. The molecule has 0 spiro atoms. The molecule has 1 aromatic rings. The molecular weight excluding hydrogens is 453 g/mol. The minimum Gasteiger partial charge on any atom is -0.465 e. The maximum absolute atomic E-state index is 13.3. The van der Waals surface area contributed by atoms with E-state index in [1.165, 1.54) is 0 Å². The van der Waals surface area contributed by atoms with Gasteiger partial charge in [-0.3, -0.25) is 9.59 Å². The van der Waals surface area contributed by atoms with Crippen LogP contribution in [0.15, 0.2) is 30.3 Å². The van der Waals surface area contributed by atoms with Crippen LogP contribution in [0.5, 0.6) is 0 Å². The number of nitrogens with zero attached hydrogens (tertiary/aromatic N) is 1. The third kappa shape index (κ3) is 7.19. The van der Waals surface area contributed by atoms with Crippen molar-refractivity contribution in [1.29, 1.82) is 0 Å². The summed E-state index contributed by atoms with van der Waals surface area (Å²) in [6.07, 6.45) is -0.507. The Morgan fingerprint density at radius 1 is 1.03 bits per heavy atom. The van der Waals surface area contributed by atoms with Crippen LogP contribution in [0.25, 0.3) is 0 Å². The second kappa shape index (κ2) is 11.4. The number of amides is 3. The molecule has 2 saturated heterocycles. The zero-order valence-electron chi connectivity index (χ0n) is 20.9. The molecule has 0 bridgehead atoms. The first-order valence-electron chi connectivity index (χ1n) is 12.0. The number of carbonyl (C=O) groups excluding carboxylic acids is 2. The average Bonchev–Trinajstić information content (AvgIpc) is 3.03. The molecule has 2 heterocycles. The van der Waals surface area contributed by atoms with E-state index >= 15 is 0 Å². The van der Waals surface area contributed by atoms with Crippen LogP contribution in [0, 0.1) is 0 Å². The van der Waals surface area contributed by atoms with Crippen molar-refractivity contribution in [2.24, 2.45) is 0 Å². The van der Waals surface area contributed by atoms with E-state index in [2.05, 4.69) is 10.6 Å². The molecule has 2 atom stereocenters. The molecule has 2 aliphatic rings. The van der Waals surface area contributed by atoms with Gasteiger partial charge in [-0.25, -0.2) is 4.79 Å². The lowest BCUT2D eigenvalue weighted by Gasteiger charge is -2.32. The van der Waals surface area contributed by atoms with E-state index in [0.717, 1.165) is 5.56 Å². The highest BCUT2D eigenvalue weighted by molar-refractivity contribution is 6.48. The van der Waals surface area contributed by atoms with Gasteiger partial charge in [-0.2, -0.15) is 0 Å². The summed E-state index contributed by atoms with van der Waals surface area (Å²) in [6, 6.07) is 8.58. The molecule has 35 heavy (non-hydrogen) atoms. The smallest absolute Gasteiger partial charge is 0.465 e. The molecule has 2 unspecified atom stereocenters. The maximum atomic E-state index is 13.3. The molecule has 192 valence electrons. The lowest BCUT2D eigenvalue weighted by atomic mass is 9.75. The second-order valence-electron chi connectivity index (χ2n) is 9.96. The largest absolute Gasteiger partial charge is 0.481 e. The highest BCUT2D eigenvalue weighted by Crippen LogP contribution is 2.38. The maximum Gasteiger partial charge on any atom is 0.481 e. The van der Waals surface area contributed by atoms with E-state index in [-0.39, 0.29) is 12.3 Å². The van der Waals surface area contributed by atoms with Crippen LogP contribution in [0.3, 0.4) is 0 Å². The Balaban J connectivity index is 1.73. The standard InChI is InChI=1S/C24H36BN3O7/c1-23(2)24(3,4)35-25(34-23)19(11-10-17-8-6-5-7-9-17)27-21(30)18(26-22(31)32)16-20(29)28-12-14-33-15-13-28/h5-9,18-19,26H,10-16H2,1-4H3,(H,27,30)(H,31,32). The fourth-order valence-corrected chi connectivity index (χ4v) is 4.05. The van der Waals surface area contributed by atoms with Gasteiger partial charge >= 0.3 is 13.2 Å². The number of morpholine rings is 1. The van der Waals surface area contributed by atoms with Gasteiger partial charge in [-0.15, -0.1) is 0 Å². The Labute approximate surface area is 206 Å². The summed E-state index contributed by atoms with van der Waals surface area (Å²) in [5.41, 5.74) is -0.109. The van der Waals surface area contributed by atoms with E-state index < -0.39 is 42.3 Å². The molecule has 3 N–H and O–H groups in total. The van der Waals surface area contributed by atoms with Crippen LogP contribution in [0.1, 0.15) is 46.1 Å². The van der Waals surface area contributed by atoms with Crippen LogP contribution in [0.2, 0.25) is 0 Å². The number of hydrogen-bond acceptors (Lipinski definition) is 6. The zero-order chi connectivity index (χ0) is 25.6. The fraction of sp³-hybridized carbons (Fsp3) is 0.625. The van der Waals surface area contributed by atoms with E-state index in [1.807, 2.05) is 58.0 Å². The number of rotatable bonds is 9. The van der Waals surface area contributed by atoms with Gasteiger partial charge in [0.15, 0.2) is 0 Å². The summed E-state index contributed by atoms with van der Waals surface area (Å²) < 4.78 is 17.6. The van der Waals surface area contributed by atoms with Gasteiger partial charge in [0.25, 0.3) is 0 Å². The predicted octanol–water partition coefficient (Wildman–Crippen LogP) is 1.62. The predicted molar refractivity (Wildman–Crippen MR) is 130 cm³/mol. The molecule has 0 aliphatic carbocycles. The van der Waals surface area contributed by atoms with Crippen LogP contribution in [-0.2, 0) is 30.1 Å². The van der Waals surface area contributed by atoms with Crippen molar-refractivity contribution in [3.63, 3.8) is 0 Å². The third-order valence-electron chi connectivity index (χ3n) is 6.87. The molecule has 2 aliphatic heterocycles. The van der Waals surface area contributed by atoms with Crippen molar-refractivity contribution in [2.45, 2.75) is 70.1 Å². The number of ether oxygens (including phenoxy) is 1. The molecule has 1 aromatic carbocycles.